The molecule has 0 aromatic carbocycles. The first-order valence-corrected chi connectivity index (χ1v) is 12.1. The van der Waals surface area contributed by atoms with E-state index in [-0.39, 0.29) is 47.5 Å². The van der Waals surface area contributed by atoms with E-state index >= 15 is 0 Å². The van der Waals surface area contributed by atoms with Crippen molar-refractivity contribution in [3.8, 4) is 0 Å². The van der Waals surface area contributed by atoms with Gasteiger partial charge in [0.15, 0.2) is 12.1 Å². The fourth-order valence-electron chi connectivity index (χ4n) is 6.67. The third kappa shape index (κ3) is 4.38. The topological polar surface area (TPSA) is 102 Å². The molecule has 0 aromatic heterocycles. The highest BCUT2D eigenvalue weighted by Gasteiger charge is 2.55. The molecule has 178 valence electrons. The van der Waals surface area contributed by atoms with Crippen molar-refractivity contribution in [2.45, 2.75) is 97.1 Å². The Morgan fingerprint density at radius 2 is 1.97 bits per heavy atom. The van der Waals surface area contributed by atoms with Crippen LogP contribution in [0.25, 0.3) is 0 Å². The van der Waals surface area contributed by atoms with Crippen LogP contribution in [-0.4, -0.2) is 42.8 Å². The molecule has 1 aliphatic heterocycles. The fraction of sp³-hybridized carbons (Fsp3) is 0.800. The number of carboxylic acids is 1. The van der Waals surface area contributed by atoms with Crippen LogP contribution in [0.3, 0.4) is 0 Å². The Morgan fingerprint density at radius 3 is 2.62 bits per heavy atom. The number of Topliss-reactive ketones (excluding diaryl/α,β-unsaturated/α-hetero) is 1. The minimum atomic E-state index is -1.22. The smallest absolute Gasteiger partial charge is 0.302 e. The molecular formula is C25H35O7-. The lowest BCUT2D eigenvalue weighted by atomic mass is 9.50. The predicted molar refractivity (Wildman–Crippen MR) is 113 cm³/mol. The van der Waals surface area contributed by atoms with Gasteiger partial charge in [0, 0.05) is 37.4 Å². The minimum Gasteiger partial charge on any atom is -0.550 e. The van der Waals surface area contributed by atoms with Crippen molar-refractivity contribution in [3.05, 3.63) is 11.1 Å². The van der Waals surface area contributed by atoms with E-state index in [9.17, 15) is 19.5 Å². The van der Waals surface area contributed by atoms with Crippen LogP contribution in [-0.2, 0) is 28.6 Å². The number of esters is 1. The maximum atomic E-state index is 13.0. The summed E-state index contributed by atoms with van der Waals surface area (Å²) in [5.41, 5.74) is 1.18. The number of rotatable bonds is 5. The zero-order valence-corrected chi connectivity index (χ0v) is 19.4. The third-order valence-electron chi connectivity index (χ3n) is 8.35. The van der Waals surface area contributed by atoms with Gasteiger partial charge in [-0.2, -0.15) is 0 Å². The Morgan fingerprint density at radius 1 is 1.19 bits per heavy atom. The summed E-state index contributed by atoms with van der Waals surface area (Å²) in [5, 5.41) is 11.8. The van der Waals surface area contributed by atoms with Crippen LogP contribution in [0.2, 0.25) is 0 Å². The number of carbonyl (C=O) groups is 3. The molecule has 7 unspecified atom stereocenters. The molecule has 0 N–H and O–H groups in total. The highest BCUT2D eigenvalue weighted by Crippen LogP contribution is 2.59. The molecule has 7 heteroatoms. The van der Waals surface area contributed by atoms with Gasteiger partial charge in [0.05, 0.1) is 6.10 Å². The van der Waals surface area contributed by atoms with Crippen molar-refractivity contribution in [1.29, 1.82) is 0 Å². The van der Waals surface area contributed by atoms with Gasteiger partial charge in [0.25, 0.3) is 0 Å². The average molecular weight is 448 g/mol. The van der Waals surface area contributed by atoms with Gasteiger partial charge >= 0.3 is 5.97 Å². The molecule has 1 saturated heterocycles. The summed E-state index contributed by atoms with van der Waals surface area (Å²) in [6.45, 7) is 5.91. The van der Waals surface area contributed by atoms with Gasteiger partial charge in [-0.1, -0.05) is 13.8 Å². The van der Waals surface area contributed by atoms with E-state index in [1.165, 1.54) is 6.92 Å². The third-order valence-corrected chi connectivity index (χ3v) is 8.35. The van der Waals surface area contributed by atoms with Crippen molar-refractivity contribution < 1.29 is 33.7 Å². The van der Waals surface area contributed by atoms with Crippen LogP contribution in [0.1, 0.15) is 78.6 Å². The zero-order valence-electron chi connectivity index (χ0n) is 19.4. The van der Waals surface area contributed by atoms with Gasteiger partial charge in [-0.05, 0) is 74.2 Å². The molecule has 7 nitrogen and oxygen atoms in total. The molecule has 4 aliphatic rings. The summed E-state index contributed by atoms with van der Waals surface area (Å²) in [5.74, 6) is -2.21. The van der Waals surface area contributed by atoms with Crippen LogP contribution in [0.4, 0.5) is 0 Å². The van der Waals surface area contributed by atoms with Gasteiger partial charge < -0.3 is 24.1 Å². The van der Waals surface area contributed by atoms with E-state index in [0.717, 1.165) is 44.1 Å². The molecule has 32 heavy (non-hydrogen) atoms. The van der Waals surface area contributed by atoms with Crippen LogP contribution in [0.15, 0.2) is 11.1 Å². The molecule has 2 saturated carbocycles. The normalized spacial score (nSPS) is 38.5. The van der Waals surface area contributed by atoms with Crippen LogP contribution < -0.4 is 5.11 Å². The van der Waals surface area contributed by atoms with E-state index in [1.807, 2.05) is 0 Å². The number of carboxylic acid groups (broad SMARTS) is 1. The quantitative estimate of drug-likeness (QED) is 0.472. The highest BCUT2D eigenvalue weighted by molar-refractivity contribution is 6.01. The van der Waals surface area contributed by atoms with Crippen LogP contribution >= 0.6 is 0 Å². The van der Waals surface area contributed by atoms with Crippen molar-refractivity contribution >= 4 is 17.7 Å². The molecule has 0 radical (unpaired) electrons. The first-order valence-electron chi connectivity index (χ1n) is 12.1. The second-order valence-corrected chi connectivity index (χ2v) is 10.3. The van der Waals surface area contributed by atoms with E-state index in [0.29, 0.717) is 31.4 Å². The average Bonchev–Trinajstić information content (AvgIpc) is 2.74. The lowest BCUT2D eigenvalue weighted by molar-refractivity contribution is -0.309. The van der Waals surface area contributed by atoms with Gasteiger partial charge in [-0.25, -0.2) is 0 Å². The summed E-state index contributed by atoms with van der Waals surface area (Å²) in [6.07, 6.45) is 6.18. The van der Waals surface area contributed by atoms with Crippen molar-refractivity contribution in [2.75, 3.05) is 6.61 Å². The first kappa shape index (κ1) is 23.4. The molecule has 0 aromatic rings. The second-order valence-electron chi connectivity index (χ2n) is 10.3. The lowest BCUT2D eigenvalue weighted by Crippen LogP contribution is -2.53. The number of ketones is 1. The zero-order chi connectivity index (χ0) is 23.0. The second kappa shape index (κ2) is 9.26. The monoisotopic (exact) mass is 447 g/mol. The number of carbonyl (C=O) groups excluding carboxylic acids is 3. The molecule has 0 amide bonds. The molecule has 1 heterocycles. The number of aliphatic carboxylic acids is 1. The Labute approximate surface area is 189 Å². The molecular weight excluding hydrogens is 412 g/mol. The fourth-order valence-corrected chi connectivity index (χ4v) is 6.67. The Hall–Kier alpha value is -1.73. The number of hydrogen-bond donors (Lipinski definition) is 0. The molecule has 0 spiro atoms. The van der Waals surface area contributed by atoms with E-state index in [1.54, 1.807) is 6.92 Å². The molecule has 7 atom stereocenters. The largest absolute Gasteiger partial charge is 0.550 e. The lowest BCUT2D eigenvalue weighted by Gasteiger charge is -2.57. The summed E-state index contributed by atoms with van der Waals surface area (Å²) in [4.78, 5) is 36.3. The maximum absolute atomic E-state index is 13.0. The SMILES string of the molecule is CC(=O)OC1CCC2(C)C(C1)CC(OC1CCCCO1)C1=C(C(C)C(=O)[O-])C(=O)CCC12. The van der Waals surface area contributed by atoms with Gasteiger partial charge in [-0.15, -0.1) is 0 Å². The first-order chi connectivity index (χ1) is 15.2. The number of ether oxygens (including phenoxy) is 3. The van der Waals surface area contributed by atoms with Crippen LogP contribution in [0, 0.1) is 23.2 Å². The summed E-state index contributed by atoms with van der Waals surface area (Å²) >= 11 is 0. The molecule has 4 rings (SSSR count). The van der Waals surface area contributed by atoms with Gasteiger partial charge in [-0.3, -0.25) is 9.59 Å². The molecule has 3 fully saturated rings. The van der Waals surface area contributed by atoms with Gasteiger partial charge in [0.1, 0.15) is 6.10 Å². The maximum Gasteiger partial charge on any atom is 0.302 e. The minimum absolute atomic E-state index is 0.0719. The number of hydrogen-bond acceptors (Lipinski definition) is 7. The molecule has 3 aliphatic carbocycles. The van der Waals surface area contributed by atoms with Crippen molar-refractivity contribution in [1.82, 2.24) is 0 Å². The standard InChI is InChI=1S/C25H36O7/c1-14(24(28)29)22-19(27)8-7-18-23(22)20(32-21-6-4-5-11-30-21)13-16-12-17(31-15(2)26)9-10-25(16,18)3/h14,16-18,20-21H,4-13H2,1-3H3,(H,28,29)/p-1. The Kier molecular flexibility index (Phi) is 6.78. The van der Waals surface area contributed by atoms with E-state index < -0.39 is 11.9 Å². The predicted octanol–water partition coefficient (Wildman–Crippen LogP) is 2.70. The summed E-state index contributed by atoms with van der Waals surface area (Å²) in [7, 11) is 0. The summed E-state index contributed by atoms with van der Waals surface area (Å²) < 4.78 is 17.9. The van der Waals surface area contributed by atoms with E-state index in [2.05, 4.69) is 6.92 Å². The van der Waals surface area contributed by atoms with Crippen molar-refractivity contribution in [3.63, 3.8) is 0 Å². The summed E-state index contributed by atoms with van der Waals surface area (Å²) in [6, 6.07) is 0. The Balaban J connectivity index is 1.71. The Bertz CT molecular complexity index is 796. The number of fused-ring (bicyclic) bond motifs is 3. The van der Waals surface area contributed by atoms with Crippen molar-refractivity contribution in [2.24, 2.45) is 23.2 Å². The molecule has 0 bridgehead atoms. The van der Waals surface area contributed by atoms with E-state index in [4.69, 9.17) is 14.2 Å². The van der Waals surface area contributed by atoms with Gasteiger partial charge in [0.2, 0.25) is 0 Å². The van der Waals surface area contributed by atoms with Crippen LogP contribution in [0.5, 0.6) is 0 Å². The highest BCUT2D eigenvalue weighted by atomic mass is 16.7.